The topological polar surface area (TPSA) is 71.1 Å². The van der Waals surface area contributed by atoms with Gasteiger partial charge in [-0.1, -0.05) is 44.2 Å². The number of nitrogens with zero attached hydrogens (tertiary/aromatic N) is 2. The van der Waals surface area contributed by atoms with Crippen LogP contribution in [0, 0.1) is 5.92 Å². The lowest BCUT2D eigenvalue weighted by Crippen LogP contribution is -2.54. The van der Waals surface area contributed by atoms with E-state index in [9.17, 15) is 9.59 Å². The van der Waals surface area contributed by atoms with E-state index in [0.29, 0.717) is 37.9 Å². The van der Waals surface area contributed by atoms with E-state index in [-0.39, 0.29) is 30.2 Å². The maximum atomic E-state index is 13.1. The average Bonchev–Trinajstić information content (AvgIpc) is 2.92. The second-order valence-corrected chi connectivity index (χ2v) is 10.9. The molecule has 0 bridgehead atoms. The molecule has 2 heterocycles. The van der Waals surface area contributed by atoms with E-state index >= 15 is 0 Å². The van der Waals surface area contributed by atoms with Gasteiger partial charge in [0.25, 0.3) is 5.91 Å². The maximum absolute atomic E-state index is 13.1. The van der Waals surface area contributed by atoms with Crippen molar-refractivity contribution in [1.82, 2.24) is 10.2 Å². The number of piperazine rings is 1. The van der Waals surface area contributed by atoms with Crippen LogP contribution in [0.25, 0.3) is 0 Å². The first-order valence-corrected chi connectivity index (χ1v) is 13.5. The van der Waals surface area contributed by atoms with E-state index in [1.165, 1.54) is 5.56 Å². The van der Waals surface area contributed by atoms with Crippen LogP contribution in [0.3, 0.4) is 0 Å². The quantitative estimate of drug-likeness (QED) is 0.483. The van der Waals surface area contributed by atoms with Gasteiger partial charge in [-0.15, -0.1) is 12.4 Å². The number of halogens is 1. The van der Waals surface area contributed by atoms with Crippen LogP contribution in [0.4, 0.5) is 5.69 Å². The number of nitrogens with one attached hydrogen (secondary N) is 1. The number of esters is 1. The van der Waals surface area contributed by atoms with Crippen molar-refractivity contribution in [2.75, 3.05) is 44.2 Å². The van der Waals surface area contributed by atoms with E-state index in [2.05, 4.69) is 36.2 Å². The van der Waals surface area contributed by atoms with Gasteiger partial charge in [0.05, 0.1) is 5.92 Å². The number of anilines is 1. The van der Waals surface area contributed by atoms with Gasteiger partial charge in [-0.05, 0) is 55.9 Å². The lowest BCUT2D eigenvalue weighted by atomic mass is 9.97. The van der Waals surface area contributed by atoms with Crippen molar-refractivity contribution in [2.24, 2.45) is 5.92 Å². The monoisotopic (exact) mass is 543 g/mol. The summed E-state index contributed by atoms with van der Waals surface area (Å²) in [4.78, 5) is 30.0. The number of rotatable bonds is 8. The number of ether oxygens (including phenoxy) is 2. The van der Waals surface area contributed by atoms with Crippen LogP contribution in [-0.4, -0.2) is 61.6 Å². The molecule has 0 aromatic heterocycles. The summed E-state index contributed by atoms with van der Waals surface area (Å²) in [6, 6.07) is 16.1. The van der Waals surface area contributed by atoms with Crippen molar-refractivity contribution < 1.29 is 19.1 Å². The van der Waals surface area contributed by atoms with E-state index < -0.39 is 5.60 Å². The number of carbonyl (C=O) groups excluding carboxylic acids is 2. The second-order valence-electron chi connectivity index (χ2n) is 10.9. The summed E-state index contributed by atoms with van der Waals surface area (Å²) in [7, 11) is 0. The molecule has 2 aliphatic heterocycles. The summed E-state index contributed by atoms with van der Waals surface area (Å²) in [6.07, 6.45) is 1.74. The summed E-state index contributed by atoms with van der Waals surface area (Å²) in [5.74, 6) is 0.818. The van der Waals surface area contributed by atoms with E-state index in [1.807, 2.05) is 55.1 Å². The van der Waals surface area contributed by atoms with Crippen molar-refractivity contribution in [3.63, 3.8) is 0 Å². The molecule has 0 aliphatic carbocycles. The molecule has 2 aliphatic rings. The van der Waals surface area contributed by atoms with E-state index in [1.54, 1.807) is 0 Å². The van der Waals surface area contributed by atoms with Crippen LogP contribution in [-0.2, 0) is 20.9 Å². The SMILES string of the molecule is CC(C)c1ccc(COC(=O)[C@H]2CCCN(c3cccc(OC(C)(C)C(=O)N4CCNCC4)c3)C2)cc1.Cl. The molecular weight excluding hydrogens is 502 g/mol. The molecule has 7 nitrogen and oxygen atoms in total. The molecule has 0 spiro atoms. The fourth-order valence-electron chi connectivity index (χ4n) is 5.01. The molecule has 8 heteroatoms. The third-order valence-electron chi connectivity index (χ3n) is 7.26. The summed E-state index contributed by atoms with van der Waals surface area (Å²) >= 11 is 0. The lowest BCUT2D eigenvalue weighted by molar-refractivity contribution is -0.150. The Bertz CT molecular complexity index is 1070. The Kier molecular flexibility index (Phi) is 10.5. The zero-order chi connectivity index (χ0) is 26.4. The van der Waals surface area contributed by atoms with Gasteiger partial charge < -0.3 is 24.6 Å². The molecular formula is C30H42ClN3O4. The van der Waals surface area contributed by atoms with Gasteiger partial charge in [0.15, 0.2) is 5.60 Å². The Morgan fingerprint density at radius 2 is 1.76 bits per heavy atom. The normalized spacial score (nSPS) is 18.1. The molecule has 0 saturated carbocycles. The van der Waals surface area contributed by atoms with Gasteiger partial charge in [0, 0.05) is 51.0 Å². The number of hydrogen-bond donors (Lipinski definition) is 1. The van der Waals surface area contributed by atoms with Crippen LogP contribution in [0.1, 0.15) is 57.6 Å². The third kappa shape index (κ3) is 7.64. The minimum absolute atomic E-state index is 0. The van der Waals surface area contributed by atoms with Gasteiger partial charge in [-0.2, -0.15) is 0 Å². The third-order valence-corrected chi connectivity index (χ3v) is 7.26. The molecule has 2 fully saturated rings. The van der Waals surface area contributed by atoms with Crippen LogP contribution in [0.5, 0.6) is 5.75 Å². The highest BCUT2D eigenvalue weighted by Crippen LogP contribution is 2.29. The lowest BCUT2D eigenvalue weighted by Gasteiger charge is -2.35. The van der Waals surface area contributed by atoms with Crippen LogP contribution >= 0.6 is 12.4 Å². The minimum atomic E-state index is -0.961. The fourth-order valence-corrected chi connectivity index (χ4v) is 5.01. The van der Waals surface area contributed by atoms with Crippen LogP contribution < -0.4 is 15.0 Å². The van der Waals surface area contributed by atoms with E-state index in [0.717, 1.165) is 43.7 Å². The van der Waals surface area contributed by atoms with Crippen molar-refractivity contribution in [2.45, 2.75) is 58.7 Å². The molecule has 38 heavy (non-hydrogen) atoms. The highest BCUT2D eigenvalue weighted by atomic mass is 35.5. The Labute approximate surface area is 233 Å². The molecule has 2 saturated heterocycles. The van der Waals surface area contributed by atoms with Crippen molar-refractivity contribution in [3.8, 4) is 5.75 Å². The average molecular weight is 544 g/mol. The summed E-state index contributed by atoms with van der Waals surface area (Å²) in [5, 5.41) is 3.27. The molecule has 0 unspecified atom stereocenters. The molecule has 208 valence electrons. The van der Waals surface area contributed by atoms with Gasteiger partial charge in [-0.3, -0.25) is 9.59 Å². The fraction of sp³-hybridized carbons (Fsp3) is 0.533. The number of benzene rings is 2. The molecule has 1 N–H and O–H groups in total. The number of hydrogen-bond acceptors (Lipinski definition) is 6. The second kappa shape index (κ2) is 13.3. The molecule has 1 atom stereocenters. The first-order chi connectivity index (χ1) is 17.7. The zero-order valence-corrected chi connectivity index (χ0v) is 23.9. The minimum Gasteiger partial charge on any atom is -0.478 e. The largest absolute Gasteiger partial charge is 0.478 e. The van der Waals surface area contributed by atoms with Gasteiger partial charge in [0.1, 0.15) is 12.4 Å². The van der Waals surface area contributed by atoms with Crippen molar-refractivity contribution >= 4 is 30.0 Å². The Morgan fingerprint density at radius 3 is 2.45 bits per heavy atom. The van der Waals surface area contributed by atoms with Gasteiger partial charge >= 0.3 is 5.97 Å². The van der Waals surface area contributed by atoms with Gasteiger partial charge in [-0.25, -0.2) is 0 Å². The predicted octanol–water partition coefficient (Wildman–Crippen LogP) is 4.78. The Hall–Kier alpha value is -2.77. The predicted molar refractivity (Wildman–Crippen MR) is 153 cm³/mol. The molecule has 4 rings (SSSR count). The summed E-state index contributed by atoms with van der Waals surface area (Å²) in [5.41, 5.74) is 2.32. The van der Waals surface area contributed by atoms with Crippen LogP contribution in [0.2, 0.25) is 0 Å². The van der Waals surface area contributed by atoms with Crippen LogP contribution in [0.15, 0.2) is 48.5 Å². The molecule has 2 aromatic carbocycles. The summed E-state index contributed by atoms with van der Waals surface area (Å²) < 4.78 is 11.9. The highest BCUT2D eigenvalue weighted by Gasteiger charge is 2.35. The summed E-state index contributed by atoms with van der Waals surface area (Å²) in [6.45, 7) is 12.8. The maximum Gasteiger partial charge on any atom is 0.311 e. The zero-order valence-electron chi connectivity index (χ0n) is 23.1. The van der Waals surface area contributed by atoms with Crippen molar-refractivity contribution in [3.05, 3.63) is 59.7 Å². The molecule has 2 aromatic rings. The number of piperidine rings is 1. The van der Waals surface area contributed by atoms with Gasteiger partial charge in [0.2, 0.25) is 0 Å². The highest BCUT2D eigenvalue weighted by molar-refractivity contribution is 5.85. The number of carbonyl (C=O) groups is 2. The Morgan fingerprint density at radius 1 is 1.05 bits per heavy atom. The molecule has 1 amide bonds. The standard InChI is InChI=1S/C30H41N3O4.ClH/c1-22(2)24-12-10-23(11-13-24)21-36-28(34)25-7-6-16-33(20-25)26-8-5-9-27(19-26)37-30(3,4)29(35)32-17-14-31-15-18-32;/h5,8-13,19,22,25,31H,6-7,14-18,20-21H2,1-4H3;1H/t25-;/m0./s1. The smallest absolute Gasteiger partial charge is 0.311 e. The first-order valence-electron chi connectivity index (χ1n) is 13.5. The molecule has 0 radical (unpaired) electrons. The van der Waals surface area contributed by atoms with Crippen molar-refractivity contribution in [1.29, 1.82) is 0 Å². The Balaban J connectivity index is 0.00000400. The number of amides is 1. The first kappa shape index (κ1) is 29.8. The van der Waals surface area contributed by atoms with E-state index in [4.69, 9.17) is 9.47 Å².